The van der Waals surface area contributed by atoms with Gasteiger partial charge in [0.15, 0.2) is 0 Å². The van der Waals surface area contributed by atoms with E-state index in [-0.39, 0.29) is 18.4 Å². The number of benzene rings is 1. The second-order valence-corrected chi connectivity index (χ2v) is 3.95. The molecular formula is C13H16N2O. The van der Waals surface area contributed by atoms with Gasteiger partial charge in [-0.2, -0.15) is 5.26 Å². The van der Waals surface area contributed by atoms with Crippen molar-refractivity contribution < 1.29 is 4.79 Å². The molecule has 0 aliphatic carbocycles. The number of aryl methyl sites for hydroxylation is 1. The molecule has 3 nitrogen and oxygen atoms in total. The predicted octanol–water partition coefficient (Wildman–Crippen LogP) is 2.13. The minimum atomic E-state index is -0.0744. The van der Waals surface area contributed by atoms with E-state index in [0.717, 1.165) is 5.56 Å². The van der Waals surface area contributed by atoms with E-state index >= 15 is 0 Å². The first kappa shape index (κ1) is 12.3. The first-order chi connectivity index (χ1) is 7.63. The lowest BCUT2D eigenvalue weighted by atomic mass is 9.96. The molecule has 1 aromatic carbocycles. The lowest BCUT2D eigenvalue weighted by molar-refractivity contribution is -0.121. The molecule has 0 aliphatic rings. The van der Waals surface area contributed by atoms with Crippen LogP contribution in [0, 0.1) is 18.3 Å². The van der Waals surface area contributed by atoms with Gasteiger partial charge >= 0.3 is 0 Å². The van der Waals surface area contributed by atoms with Crippen LogP contribution in [0.2, 0.25) is 0 Å². The van der Waals surface area contributed by atoms with Crippen LogP contribution in [0.15, 0.2) is 24.3 Å². The molecule has 0 radical (unpaired) electrons. The minimum Gasteiger partial charge on any atom is -0.343 e. The summed E-state index contributed by atoms with van der Waals surface area (Å²) >= 11 is 0. The van der Waals surface area contributed by atoms with Gasteiger partial charge in [0.25, 0.3) is 0 Å². The summed E-state index contributed by atoms with van der Waals surface area (Å²) in [6.45, 7) is 4.13. The van der Waals surface area contributed by atoms with Crippen LogP contribution in [0.25, 0.3) is 0 Å². The Kier molecular flexibility index (Phi) is 4.53. The van der Waals surface area contributed by atoms with E-state index < -0.39 is 0 Å². The van der Waals surface area contributed by atoms with Crippen molar-refractivity contribution in [3.8, 4) is 6.07 Å². The number of hydrogen-bond donors (Lipinski definition) is 1. The van der Waals surface area contributed by atoms with Gasteiger partial charge < -0.3 is 5.32 Å². The van der Waals surface area contributed by atoms with Gasteiger partial charge in [-0.3, -0.25) is 4.79 Å². The molecule has 0 saturated carbocycles. The predicted molar refractivity (Wildman–Crippen MR) is 62.8 cm³/mol. The Balaban J connectivity index is 2.52. The van der Waals surface area contributed by atoms with Crippen LogP contribution in [0.3, 0.4) is 0 Å². The first-order valence-corrected chi connectivity index (χ1v) is 5.33. The van der Waals surface area contributed by atoms with Crippen molar-refractivity contribution in [1.82, 2.24) is 5.32 Å². The highest BCUT2D eigenvalue weighted by atomic mass is 16.1. The third-order valence-electron chi connectivity index (χ3n) is 2.50. The van der Waals surface area contributed by atoms with E-state index in [2.05, 4.69) is 5.32 Å². The summed E-state index contributed by atoms with van der Waals surface area (Å²) in [6, 6.07) is 10.0. The molecule has 0 bridgehead atoms. The maximum atomic E-state index is 11.4. The maximum Gasteiger partial charge on any atom is 0.221 e. The molecule has 0 spiro atoms. The average Bonchev–Trinajstić information content (AvgIpc) is 2.27. The van der Waals surface area contributed by atoms with E-state index in [1.807, 2.05) is 44.2 Å². The molecule has 1 aromatic rings. The van der Waals surface area contributed by atoms with Gasteiger partial charge in [-0.15, -0.1) is 0 Å². The summed E-state index contributed by atoms with van der Waals surface area (Å²) in [6.07, 6.45) is 0.421. The molecule has 1 N–H and O–H groups in total. The molecule has 0 saturated heterocycles. The zero-order chi connectivity index (χ0) is 12.0. The van der Waals surface area contributed by atoms with Gasteiger partial charge in [-0.25, -0.2) is 0 Å². The van der Waals surface area contributed by atoms with Gasteiger partial charge in [-0.05, 0) is 18.4 Å². The van der Waals surface area contributed by atoms with Crippen molar-refractivity contribution in [2.24, 2.45) is 0 Å². The number of nitrogens with zero attached hydrogens (tertiary/aromatic N) is 1. The van der Waals surface area contributed by atoms with Crippen molar-refractivity contribution in [2.75, 3.05) is 6.54 Å². The van der Waals surface area contributed by atoms with Crippen molar-refractivity contribution in [1.29, 1.82) is 5.26 Å². The summed E-state index contributed by atoms with van der Waals surface area (Å²) in [7, 11) is 0. The summed E-state index contributed by atoms with van der Waals surface area (Å²) in [5.74, 6) is 0.105. The number of amides is 1. The van der Waals surface area contributed by atoms with Crippen LogP contribution in [0.1, 0.15) is 30.4 Å². The van der Waals surface area contributed by atoms with Gasteiger partial charge in [-0.1, -0.05) is 36.8 Å². The molecule has 1 rings (SSSR count). The minimum absolute atomic E-state index is 0.0744. The van der Waals surface area contributed by atoms with E-state index in [1.54, 1.807) is 0 Å². The zero-order valence-electron chi connectivity index (χ0n) is 9.66. The summed E-state index contributed by atoms with van der Waals surface area (Å²) in [5, 5.41) is 10.9. The summed E-state index contributed by atoms with van der Waals surface area (Å²) in [5.41, 5.74) is 2.36. The van der Waals surface area contributed by atoms with Crippen LogP contribution >= 0.6 is 0 Å². The Morgan fingerprint density at radius 2 is 2.06 bits per heavy atom. The number of rotatable bonds is 4. The number of nitriles is 1. The Labute approximate surface area is 96.1 Å². The number of carbonyl (C=O) groups excluding carboxylic acids is 1. The fraction of sp³-hybridized carbons (Fsp3) is 0.385. The second kappa shape index (κ2) is 5.92. The highest BCUT2D eigenvalue weighted by Gasteiger charge is 2.10. The number of hydrogen-bond acceptors (Lipinski definition) is 2. The molecule has 1 amide bonds. The van der Waals surface area contributed by atoms with E-state index in [0.29, 0.717) is 6.42 Å². The molecule has 0 heterocycles. The topological polar surface area (TPSA) is 52.9 Å². The quantitative estimate of drug-likeness (QED) is 0.784. The van der Waals surface area contributed by atoms with E-state index in [9.17, 15) is 4.79 Å². The zero-order valence-corrected chi connectivity index (χ0v) is 9.66. The largest absolute Gasteiger partial charge is 0.343 e. The van der Waals surface area contributed by atoms with Crippen LogP contribution in [0.4, 0.5) is 0 Å². The fourth-order valence-corrected chi connectivity index (χ4v) is 1.50. The second-order valence-electron chi connectivity index (χ2n) is 3.95. The smallest absolute Gasteiger partial charge is 0.221 e. The molecule has 1 unspecified atom stereocenters. The average molecular weight is 216 g/mol. The van der Waals surface area contributed by atoms with Crippen LogP contribution in [-0.4, -0.2) is 12.5 Å². The first-order valence-electron chi connectivity index (χ1n) is 5.33. The third-order valence-corrected chi connectivity index (χ3v) is 2.50. The molecule has 1 atom stereocenters. The Morgan fingerprint density at radius 3 is 2.62 bits per heavy atom. The van der Waals surface area contributed by atoms with Crippen molar-refractivity contribution in [3.05, 3.63) is 35.4 Å². The molecule has 84 valence electrons. The molecule has 0 aliphatic heterocycles. The standard InChI is InChI=1S/C13H16N2O/c1-10-3-5-12(6-4-10)11(2)9-13(16)15-8-7-14/h3-6,11H,8-9H2,1-2H3,(H,15,16). The molecule has 0 fully saturated rings. The summed E-state index contributed by atoms with van der Waals surface area (Å²) in [4.78, 5) is 11.4. The molecule has 3 heteroatoms. The highest BCUT2D eigenvalue weighted by Crippen LogP contribution is 2.18. The highest BCUT2D eigenvalue weighted by molar-refractivity contribution is 5.77. The number of carbonyl (C=O) groups is 1. The third kappa shape index (κ3) is 3.74. The summed E-state index contributed by atoms with van der Waals surface area (Å²) < 4.78 is 0. The van der Waals surface area contributed by atoms with Crippen LogP contribution < -0.4 is 5.32 Å². The van der Waals surface area contributed by atoms with Crippen LogP contribution in [0.5, 0.6) is 0 Å². The number of nitrogens with one attached hydrogen (secondary N) is 1. The lowest BCUT2D eigenvalue weighted by Gasteiger charge is -2.11. The Morgan fingerprint density at radius 1 is 1.44 bits per heavy atom. The Bertz CT molecular complexity index is 389. The SMILES string of the molecule is Cc1ccc(C(C)CC(=O)NCC#N)cc1. The van der Waals surface area contributed by atoms with Crippen molar-refractivity contribution in [2.45, 2.75) is 26.2 Å². The Hall–Kier alpha value is -1.82. The van der Waals surface area contributed by atoms with Gasteiger partial charge in [0.2, 0.25) is 5.91 Å². The molecule has 16 heavy (non-hydrogen) atoms. The van der Waals surface area contributed by atoms with Gasteiger partial charge in [0, 0.05) is 6.42 Å². The normalized spacial score (nSPS) is 11.6. The van der Waals surface area contributed by atoms with Gasteiger partial charge in [0.05, 0.1) is 6.07 Å². The maximum absolute atomic E-state index is 11.4. The lowest BCUT2D eigenvalue weighted by Crippen LogP contribution is -2.24. The van der Waals surface area contributed by atoms with Crippen LogP contribution in [-0.2, 0) is 4.79 Å². The van der Waals surface area contributed by atoms with Gasteiger partial charge in [0.1, 0.15) is 6.54 Å². The van der Waals surface area contributed by atoms with Crippen molar-refractivity contribution >= 4 is 5.91 Å². The molecule has 0 aromatic heterocycles. The fourth-order valence-electron chi connectivity index (χ4n) is 1.50. The molecular weight excluding hydrogens is 200 g/mol. The van der Waals surface area contributed by atoms with E-state index in [4.69, 9.17) is 5.26 Å². The van der Waals surface area contributed by atoms with Crippen molar-refractivity contribution in [3.63, 3.8) is 0 Å². The van der Waals surface area contributed by atoms with E-state index in [1.165, 1.54) is 5.56 Å². The monoisotopic (exact) mass is 216 g/mol.